The van der Waals surface area contributed by atoms with Gasteiger partial charge in [-0.1, -0.05) is 6.07 Å². The summed E-state index contributed by atoms with van der Waals surface area (Å²) in [5.74, 6) is 0. The first kappa shape index (κ1) is 11.9. The van der Waals surface area contributed by atoms with Gasteiger partial charge in [-0.2, -0.15) is 0 Å². The van der Waals surface area contributed by atoms with Crippen molar-refractivity contribution in [1.29, 1.82) is 0 Å². The van der Waals surface area contributed by atoms with Crippen LogP contribution in [0, 0.1) is 0 Å². The van der Waals surface area contributed by atoms with Crippen molar-refractivity contribution < 1.29 is 0 Å². The van der Waals surface area contributed by atoms with Crippen LogP contribution in [0.15, 0.2) is 42.2 Å². The molecule has 2 aromatic heterocycles. The Kier molecular flexibility index (Phi) is 3.05. The zero-order valence-electron chi connectivity index (χ0n) is 10.5. The lowest BCUT2D eigenvalue weighted by Gasteiger charge is -2.16. The maximum Gasteiger partial charge on any atom is 0.115 e. The van der Waals surface area contributed by atoms with Crippen molar-refractivity contribution in [3.63, 3.8) is 0 Å². The fourth-order valence-corrected chi connectivity index (χ4v) is 2.71. The quantitative estimate of drug-likeness (QED) is 0.715. The van der Waals surface area contributed by atoms with Gasteiger partial charge in [0.25, 0.3) is 0 Å². The number of hydrogen-bond donors (Lipinski definition) is 2. The highest BCUT2D eigenvalue weighted by molar-refractivity contribution is 7.09. The summed E-state index contributed by atoms with van der Waals surface area (Å²) in [4.78, 5) is 8.41. The minimum Gasteiger partial charge on any atom is -0.397 e. The number of hydrogen-bond acceptors (Lipinski definition) is 5. The molecule has 0 aliphatic rings. The van der Waals surface area contributed by atoms with Crippen LogP contribution in [-0.4, -0.2) is 9.97 Å². The molecule has 0 aliphatic carbocycles. The number of aromatic nitrogens is 2. The molecule has 3 aromatic rings. The number of nitrogens with two attached hydrogens (primary N) is 1. The third kappa shape index (κ3) is 2.24. The summed E-state index contributed by atoms with van der Waals surface area (Å²) < 4.78 is 0. The largest absolute Gasteiger partial charge is 0.397 e. The van der Waals surface area contributed by atoms with E-state index < -0.39 is 0 Å². The first-order chi connectivity index (χ1) is 9.25. The number of thiazole rings is 1. The van der Waals surface area contributed by atoms with E-state index in [1.165, 1.54) is 0 Å². The molecule has 1 unspecified atom stereocenters. The standard InChI is InChI=1S/C14H14N4S/c1-9(14-17-6-7-19-14)18-12-3-2-10-8-16-5-4-11(10)13(12)15/h2-9,18H,15H2,1H3. The molecule has 19 heavy (non-hydrogen) atoms. The van der Waals surface area contributed by atoms with Gasteiger partial charge >= 0.3 is 0 Å². The molecule has 0 aliphatic heterocycles. The van der Waals surface area contributed by atoms with Gasteiger partial charge in [-0.05, 0) is 19.1 Å². The monoisotopic (exact) mass is 270 g/mol. The molecule has 0 amide bonds. The van der Waals surface area contributed by atoms with E-state index in [1.54, 1.807) is 17.5 Å². The number of nitrogens with one attached hydrogen (secondary N) is 1. The number of nitrogens with zero attached hydrogens (tertiary/aromatic N) is 2. The molecule has 1 atom stereocenters. The molecule has 5 heteroatoms. The third-order valence-corrected chi connectivity index (χ3v) is 4.01. The molecule has 4 nitrogen and oxygen atoms in total. The highest BCUT2D eigenvalue weighted by Gasteiger charge is 2.10. The van der Waals surface area contributed by atoms with E-state index in [0.717, 1.165) is 27.2 Å². The van der Waals surface area contributed by atoms with E-state index in [4.69, 9.17) is 5.73 Å². The molecule has 2 heterocycles. The molecule has 0 spiro atoms. The van der Waals surface area contributed by atoms with E-state index in [2.05, 4.69) is 22.2 Å². The predicted molar refractivity (Wildman–Crippen MR) is 80.3 cm³/mol. The van der Waals surface area contributed by atoms with Crippen LogP contribution in [0.5, 0.6) is 0 Å². The van der Waals surface area contributed by atoms with Gasteiger partial charge in [0.1, 0.15) is 5.01 Å². The van der Waals surface area contributed by atoms with Crippen molar-refractivity contribution in [3.8, 4) is 0 Å². The average Bonchev–Trinajstić information content (AvgIpc) is 2.96. The minimum atomic E-state index is 0.140. The van der Waals surface area contributed by atoms with Crippen LogP contribution < -0.4 is 11.1 Å². The summed E-state index contributed by atoms with van der Waals surface area (Å²) in [7, 11) is 0. The highest BCUT2D eigenvalue weighted by atomic mass is 32.1. The van der Waals surface area contributed by atoms with Crippen molar-refractivity contribution in [2.75, 3.05) is 11.1 Å². The van der Waals surface area contributed by atoms with Gasteiger partial charge in [-0.25, -0.2) is 4.98 Å². The summed E-state index contributed by atoms with van der Waals surface area (Å²) in [5.41, 5.74) is 7.90. The normalized spacial score (nSPS) is 12.5. The van der Waals surface area contributed by atoms with Crippen LogP contribution in [0.2, 0.25) is 0 Å². The smallest absolute Gasteiger partial charge is 0.115 e. The van der Waals surface area contributed by atoms with Crippen LogP contribution in [-0.2, 0) is 0 Å². The Labute approximate surface area is 115 Å². The molecule has 0 radical (unpaired) electrons. The Hall–Kier alpha value is -2.14. The average molecular weight is 270 g/mol. The summed E-state index contributed by atoms with van der Waals surface area (Å²) in [6.07, 6.45) is 5.39. The fraction of sp³-hybridized carbons (Fsp3) is 0.143. The van der Waals surface area contributed by atoms with Gasteiger partial charge in [-0.3, -0.25) is 4.98 Å². The van der Waals surface area contributed by atoms with Crippen molar-refractivity contribution in [2.24, 2.45) is 0 Å². The Morgan fingerprint density at radius 2 is 2.16 bits per heavy atom. The van der Waals surface area contributed by atoms with Crippen LogP contribution in [0.25, 0.3) is 10.8 Å². The van der Waals surface area contributed by atoms with Gasteiger partial charge < -0.3 is 11.1 Å². The Bertz CT molecular complexity index is 694. The molecular formula is C14H14N4S. The molecule has 0 bridgehead atoms. The van der Waals surface area contributed by atoms with Gasteiger partial charge in [-0.15, -0.1) is 11.3 Å². The van der Waals surface area contributed by atoms with Gasteiger partial charge in [0, 0.05) is 34.7 Å². The minimum absolute atomic E-state index is 0.140. The first-order valence-electron chi connectivity index (χ1n) is 6.04. The van der Waals surface area contributed by atoms with Crippen molar-refractivity contribution in [1.82, 2.24) is 9.97 Å². The molecule has 0 saturated heterocycles. The SMILES string of the molecule is CC(Nc1ccc2cnccc2c1N)c1nccs1. The summed E-state index contributed by atoms with van der Waals surface area (Å²) in [5, 5.41) is 8.50. The Morgan fingerprint density at radius 1 is 1.26 bits per heavy atom. The summed E-state index contributed by atoms with van der Waals surface area (Å²) >= 11 is 1.64. The van der Waals surface area contributed by atoms with Crippen LogP contribution in [0.1, 0.15) is 18.0 Å². The molecule has 1 aromatic carbocycles. The second-order valence-electron chi connectivity index (χ2n) is 4.36. The fourth-order valence-electron chi connectivity index (χ4n) is 2.06. The van der Waals surface area contributed by atoms with Crippen molar-refractivity contribution >= 4 is 33.5 Å². The van der Waals surface area contributed by atoms with E-state index in [9.17, 15) is 0 Å². The predicted octanol–water partition coefficient (Wildman–Crippen LogP) is 3.45. The molecular weight excluding hydrogens is 256 g/mol. The second kappa shape index (κ2) is 4.85. The molecule has 0 saturated carbocycles. The third-order valence-electron chi connectivity index (χ3n) is 3.06. The van der Waals surface area contributed by atoms with Crippen molar-refractivity contribution in [2.45, 2.75) is 13.0 Å². The number of anilines is 2. The molecule has 96 valence electrons. The lowest BCUT2D eigenvalue weighted by atomic mass is 10.1. The Morgan fingerprint density at radius 3 is 2.95 bits per heavy atom. The topological polar surface area (TPSA) is 63.8 Å². The zero-order chi connectivity index (χ0) is 13.2. The number of pyridine rings is 1. The van der Waals surface area contributed by atoms with Gasteiger partial charge in [0.15, 0.2) is 0 Å². The summed E-state index contributed by atoms with van der Waals surface area (Å²) in [6.45, 7) is 2.08. The van der Waals surface area contributed by atoms with Crippen LogP contribution in [0.4, 0.5) is 11.4 Å². The molecule has 0 fully saturated rings. The number of nitrogen functional groups attached to an aromatic ring is 1. The molecule has 3 N–H and O–H groups in total. The zero-order valence-corrected chi connectivity index (χ0v) is 11.3. The Balaban J connectivity index is 1.95. The number of fused-ring (bicyclic) bond motifs is 1. The van der Waals surface area contributed by atoms with E-state index in [1.807, 2.05) is 36.0 Å². The molecule has 3 rings (SSSR count). The van der Waals surface area contributed by atoms with Gasteiger partial charge in [0.2, 0.25) is 0 Å². The van der Waals surface area contributed by atoms with Gasteiger partial charge in [0.05, 0.1) is 17.4 Å². The number of rotatable bonds is 3. The van der Waals surface area contributed by atoms with E-state index in [0.29, 0.717) is 0 Å². The van der Waals surface area contributed by atoms with E-state index >= 15 is 0 Å². The van der Waals surface area contributed by atoms with E-state index in [-0.39, 0.29) is 6.04 Å². The summed E-state index contributed by atoms with van der Waals surface area (Å²) in [6, 6.07) is 6.09. The second-order valence-corrected chi connectivity index (χ2v) is 5.29. The highest BCUT2D eigenvalue weighted by Crippen LogP contribution is 2.31. The lowest BCUT2D eigenvalue weighted by molar-refractivity contribution is 0.871. The van der Waals surface area contributed by atoms with Crippen LogP contribution >= 0.6 is 11.3 Å². The maximum absolute atomic E-state index is 6.21. The first-order valence-corrected chi connectivity index (χ1v) is 6.92. The van der Waals surface area contributed by atoms with Crippen LogP contribution in [0.3, 0.4) is 0 Å². The number of benzene rings is 1. The van der Waals surface area contributed by atoms with Crippen molar-refractivity contribution in [3.05, 3.63) is 47.2 Å². The maximum atomic E-state index is 6.21. The lowest BCUT2D eigenvalue weighted by Crippen LogP contribution is -2.08.